The van der Waals surface area contributed by atoms with Crippen molar-refractivity contribution in [2.45, 2.75) is 40.2 Å². The Morgan fingerprint density at radius 3 is 2.44 bits per heavy atom. The molecule has 0 bridgehead atoms. The van der Waals surface area contributed by atoms with Crippen LogP contribution >= 0.6 is 0 Å². The Kier molecular flexibility index (Phi) is 6.34. The molecule has 0 atom stereocenters. The molecule has 0 saturated heterocycles. The van der Waals surface area contributed by atoms with E-state index in [-0.39, 0.29) is 11.8 Å². The summed E-state index contributed by atoms with van der Waals surface area (Å²) >= 11 is 0. The number of para-hydroxylation sites is 1. The van der Waals surface area contributed by atoms with Crippen LogP contribution in [0.25, 0.3) is 0 Å². The number of carbonyl (C=O) groups excluding carboxylic acids is 2. The molecular weight excluding hydrogens is 312 g/mol. The minimum Gasteiger partial charge on any atom is -0.342 e. The Morgan fingerprint density at radius 2 is 1.76 bits per heavy atom. The summed E-state index contributed by atoms with van der Waals surface area (Å²) in [6, 6.07) is 13.9. The van der Waals surface area contributed by atoms with E-state index < -0.39 is 0 Å². The third-order valence-corrected chi connectivity index (χ3v) is 4.36. The minimum absolute atomic E-state index is 0.00373. The number of anilines is 1. The molecule has 0 aliphatic rings. The van der Waals surface area contributed by atoms with Crippen LogP contribution in [0.15, 0.2) is 42.5 Å². The van der Waals surface area contributed by atoms with E-state index >= 15 is 0 Å². The molecule has 1 N–H and O–H groups in total. The quantitative estimate of drug-likeness (QED) is 0.869. The van der Waals surface area contributed by atoms with Crippen LogP contribution in [0.4, 0.5) is 5.69 Å². The van der Waals surface area contributed by atoms with Gasteiger partial charge in [0.15, 0.2) is 0 Å². The Hall–Kier alpha value is -2.62. The van der Waals surface area contributed by atoms with Crippen molar-refractivity contribution in [1.29, 1.82) is 0 Å². The molecule has 0 fully saturated rings. The molecule has 0 aliphatic heterocycles. The summed E-state index contributed by atoms with van der Waals surface area (Å²) in [5.74, 6) is -0.0196. The van der Waals surface area contributed by atoms with E-state index in [1.807, 2.05) is 24.3 Å². The molecule has 25 heavy (non-hydrogen) atoms. The van der Waals surface area contributed by atoms with Gasteiger partial charge in [0.1, 0.15) is 0 Å². The summed E-state index contributed by atoms with van der Waals surface area (Å²) in [6.45, 7) is 6.15. The molecular formula is C21H26N2O2. The average molecular weight is 338 g/mol. The van der Waals surface area contributed by atoms with Crippen molar-refractivity contribution in [2.24, 2.45) is 0 Å². The highest BCUT2D eigenvalue weighted by Gasteiger charge is 2.10. The number of rotatable bonds is 6. The van der Waals surface area contributed by atoms with Crippen molar-refractivity contribution in [3.05, 3.63) is 64.7 Å². The SMILES string of the molecule is CC(=O)N(C)Cc1ccccc1NC(=O)CCc1ccc(C)cc1C. The fourth-order valence-electron chi connectivity index (χ4n) is 2.73. The number of benzene rings is 2. The monoisotopic (exact) mass is 338 g/mol. The highest BCUT2D eigenvalue weighted by Crippen LogP contribution is 2.18. The van der Waals surface area contributed by atoms with Crippen LogP contribution in [-0.4, -0.2) is 23.8 Å². The number of nitrogens with one attached hydrogen (secondary N) is 1. The van der Waals surface area contributed by atoms with Gasteiger partial charge in [-0.2, -0.15) is 0 Å². The normalized spacial score (nSPS) is 10.4. The van der Waals surface area contributed by atoms with Gasteiger partial charge < -0.3 is 10.2 Å². The molecule has 2 rings (SSSR count). The Balaban J connectivity index is 1.99. The molecule has 0 aliphatic carbocycles. The molecule has 0 heterocycles. The van der Waals surface area contributed by atoms with Crippen LogP contribution in [-0.2, 0) is 22.6 Å². The Morgan fingerprint density at radius 1 is 1.04 bits per heavy atom. The number of hydrogen-bond acceptors (Lipinski definition) is 2. The summed E-state index contributed by atoms with van der Waals surface area (Å²) in [5, 5.41) is 2.98. The number of hydrogen-bond donors (Lipinski definition) is 1. The highest BCUT2D eigenvalue weighted by atomic mass is 16.2. The van der Waals surface area contributed by atoms with Crippen LogP contribution in [0.3, 0.4) is 0 Å². The van der Waals surface area contributed by atoms with Gasteiger partial charge in [0.25, 0.3) is 0 Å². The summed E-state index contributed by atoms with van der Waals surface area (Å²) < 4.78 is 0. The molecule has 0 radical (unpaired) electrons. The topological polar surface area (TPSA) is 49.4 Å². The van der Waals surface area contributed by atoms with Crippen LogP contribution in [0, 0.1) is 13.8 Å². The predicted octanol–water partition coefficient (Wildman–Crippen LogP) is 3.85. The van der Waals surface area contributed by atoms with Crippen molar-refractivity contribution in [2.75, 3.05) is 12.4 Å². The maximum absolute atomic E-state index is 12.3. The lowest BCUT2D eigenvalue weighted by atomic mass is 10.0. The maximum atomic E-state index is 12.3. The number of nitrogens with zero attached hydrogens (tertiary/aromatic N) is 1. The van der Waals surface area contributed by atoms with Gasteiger partial charge in [0.2, 0.25) is 11.8 Å². The van der Waals surface area contributed by atoms with E-state index in [4.69, 9.17) is 0 Å². The second kappa shape index (κ2) is 8.47. The highest BCUT2D eigenvalue weighted by molar-refractivity contribution is 5.91. The average Bonchev–Trinajstić information content (AvgIpc) is 2.55. The van der Waals surface area contributed by atoms with E-state index in [0.717, 1.165) is 11.3 Å². The molecule has 4 nitrogen and oxygen atoms in total. The molecule has 4 heteroatoms. The lowest BCUT2D eigenvalue weighted by molar-refractivity contribution is -0.128. The summed E-state index contributed by atoms with van der Waals surface area (Å²) in [7, 11) is 1.75. The van der Waals surface area contributed by atoms with Crippen LogP contribution in [0.5, 0.6) is 0 Å². The van der Waals surface area contributed by atoms with Gasteiger partial charge in [-0.05, 0) is 43.0 Å². The standard InChI is InChI=1S/C21H26N2O2/c1-15-9-10-18(16(2)13-15)11-12-21(25)22-20-8-6-5-7-19(20)14-23(4)17(3)24/h5-10,13H,11-12,14H2,1-4H3,(H,22,25). The van der Waals surface area contributed by atoms with Gasteiger partial charge in [-0.1, -0.05) is 42.0 Å². The Labute approximate surface area is 149 Å². The third kappa shape index (κ3) is 5.45. The van der Waals surface area contributed by atoms with Crippen molar-refractivity contribution in [3.8, 4) is 0 Å². The van der Waals surface area contributed by atoms with E-state index in [9.17, 15) is 9.59 Å². The second-order valence-electron chi connectivity index (χ2n) is 6.51. The lowest BCUT2D eigenvalue weighted by Gasteiger charge is -2.18. The molecule has 2 aromatic carbocycles. The molecule has 2 aromatic rings. The summed E-state index contributed by atoms with van der Waals surface area (Å²) in [4.78, 5) is 25.4. The predicted molar refractivity (Wildman–Crippen MR) is 101 cm³/mol. The van der Waals surface area contributed by atoms with Crippen molar-refractivity contribution >= 4 is 17.5 Å². The van der Waals surface area contributed by atoms with Crippen LogP contribution < -0.4 is 5.32 Å². The zero-order valence-corrected chi connectivity index (χ0v) is 15.4. The number of aryl methyl sites for hydroxylation is 3. The van der Waals surface area contributed by atoms with Crippen molar-refractivity contribution in [3.63, 3.8) is 0 Å². The third-order valence-electron chi connectivity index (χ3n) is 4.36. The fraction of sp³-hybridized carbons (Fsp3) is 0.333. The molecule has 0 unspecified atom stereocenters. The van der Waals surface area contributed by atoms with Crippen LogP contribution in [0.2, 0.25) is 0 Å². The van der Waals surface area contributed by atoms with Gasteiger partial charge in [-0.3, -0.25) is 9.59 Å². The van der Waals surface area contributed by atoms with E-state index in [1.54, 1.807) is 11.9 Å². The van der Waals surface area contributed by atoms with E-state index in [2.05, 4.69) is 37.4 Å². The Bertz CT molecular complexity index is 768. The van der Waals surface area contributed by atoms with Gasteiger partial charge in [0.05, 0.1) is 0 Å². The van der Waals surface area contributed by atoms with Crippen molar-refractivity contribution < 1.29 is 9.59 Å². The summed E-state index contributed by atoms with van der Waals surface area (Å²) in [5.41, 5.74) is 5.34. The first-order valence-electron chi connectivity index (χ1n) is 8.52. The van der Waals surface area contributed by atoms with Gasteiger partial charge in [0, 0.05) is 32.6 Å². The molecule has 0 spiro atoms. The summed E-state index contributed by atoms with van der Waals surface area (Å²) in [6.07, 6.45) is 1.15. The zero-order valence-electron chi connectivity index (χ0n) is 15.4. The fourth-order valence-corrected chi connectivity index (χ4v) is 2.73. The number of carbonyl (C=O) groups is 2. The minimum atomic E-state index is -0.0158. The second-order valence-corrected chi connectivity index (χ2v) is 6.51. The van der Waals surface area contributed by atoms with E-state index in [0.29, 0.717) is 19.4 Å². The lowest BCUT2D eigenvalue weighted by Crippen LogP contribution is -2.24. The van der Waals surface area contributed by atoms with Crippen molar-refractivity contribution in [1.82, 2.24) is 4.90 Å². The smallest absolute Gasteiger partial charge is 0.224 e. The molecule has 0 saturated carbocycles. The van der Waals surface area contributed by atoms with Gasteiger partial charge in [-0.15, -0.1) is 0 Å². The van der Waals surface area contributed by atoms with Gasteiger partial charge >= 0.3 is 0 Å². The van der Waals surface area contributed by atoms with E-state index in [1.165, 1.54) is 23.6 Å². The first-order chi connectivity index (χ1) is 11.9. The molecule has 0 aromatic heterocycles. The molecule has 2 amide bonds. The van der Waals surface area contributed by atoms with Crippen LogP contribution in [0.1, 0.15) is 35.6 Å². The first-order valence-corrected chi connectivity index (χ1v) is 8.52. The zero-order chi connectivity index (χ0) is 18.4. The van der Waals surface area contributed by atoms with Gasteiger partial charge in [-0.25, -0.2) is 0 Å². The first kappa shape index (κ1) is 18.7. The maximum Gasteiger partial charge on any atom is 0.224 e. The number of amides is 2. The molecule has 132 valence electrons. The largest absolute Gasteiger partial charge is 0.342 e.